The Morgan fingerprint density at radius 1 is 1.10 bits per heavy atom. The van der Waals surface area contributed by atoms with Gasteiger partial charge < -0.3 is 9.47 Å². The van der Waals surface area contributed by atoms with Crippen molar-refractivity contribution in [3.05, 3.63) is 35.9 Å². The average molecular weight is 291 g/mol. The summed E-state index contributed by atoms with van der Waals surface area (Å²) >= 11 is 0. The Morgan fingerprint density at radius 3 is 2.38 bits per heavy atom. The van der Waals surface area contributed by atoms with E-state index in [9.17, 15) is 0 Å². The molecule has 0 N–H and O–H groups in total. The number of rotatable bonds is 6. The Bertz CT molecular complexity index is 405. The van der Waals surface area contributed by atoms with E-state index < -0.39 is 0 Å². The van der Waals surface area contributed by atoms with Crippen LogP contribution in [-0.4, -0.2) is 49.0 Å². The zero-order valence-electron chi connectivity index (χ0n) is 13.8. The Labute approximate surface area is 129 Å². The summed E-state index contributed by atoms with van der Waals surface area (Å²) in [6, 6.07) is 11.2. The highest BCUT2D eigenvalue weighted by atomic mass is 16.5. The molecule has 2 unspecified atom stereocenters. The molecule has 0 amide bonds. The molecule has 0 bridgehead atoms. The Morgan fingerprint density at radius 2 is 1.76 bits per heavy atom. The van der Waals surface area contributed by atoms with Gasteiger partial charge in [0.2, 0.25) is 0 Å². The van der Waals surface area contributed by atoms with Crippen molar-refractivity contribution in [3.8, 4) is 0 Å². The van der Waals surface area contributed by atoms with Crippen LogP contribution in [0.3, 0.4) is 0 Å². The maximum absolute atomic E-state index is 6.25. The van der Waals surface area contributed by atoms with Gasteiger partial charge in [0.1, 0.15) is 0 Å². The van der Waals surface area contributed by atoms with Crippen LogP contribution in [0.15, 0.2) is 30.3 Å². The summed E-state index contributed by atoms with van der Waals surface area (Å²) in [6.45, 7) is 11.3. The highest BCUT2D eigenvalue weighted by Gasteiger charge is 2.29. The van der Waals surface area contributed by atoms with Crippen LogP contribution in [0.25, 0.3) is 0 Å². The van der Waals surface area contributed by atoms with Crippen LogP contribution in [0.4, 0.5) is 0 Å². The molecule has 0 aliphatic carbocycles. The number of hydrogen-bond acceptors (Lipinski definition) is 3. The highest BCUT2D eigenvalue weighted by Crippen LogP contribution is 2.18. The molecule has 1 aromatic rings. The van der Waals surface area contributed by atoms with Gasteiger partial charge in [0, 0.05) is 19.1 Å². The van der Waals surface area contributed by atoms with Crippen LogP contribution in [0.5, 0.6) is 0 Å². The summed E-state index contributed by atoms with van der Waals surface area (Å²) in [5.41, 5.74) is 1.34. The second kappa shape index (κ2) is 7.92. The molecule has 3 nitrogen and oxygen atoms in total. The maximum Gasteiger partial charge on any atom is 0.0939 e. The normalized spacial score (nSPS) is 23.9. The van der Waals surface area contributed by atoms with Gasteiger partial charge in [-0.1, -0.05) is 30.3 Å². The van der Waals surface area contributed by atoms with E-state index in [0.717, 1.165) is 19.5 Å². The molecule has 0 spiro atoms. The Balaban J connectivity index is 1.95. The SMILES string of the molecule is CC(C)OCC1CN(C(C)C)CC(Cc2ccccc2)O1. The number of nitrogens with zero attached hydrogens (tertiary/aromatic N) is 1. The molecule has 1 aliphatic heterocycles. The first-order valence-corrected chi connectivity index (χ1v) is 8.09. The van der Waals surface area contributed by atoms with E-state index >= 15 is 0 Å². The van der Waals surface area contributed by atoms with Crippen LogP contribution in [0.1, 0.15) is 33.3 Å². The van der Waals surface area contributed by atoms with Gasteiger partial charge in [0.05, 0.1) is 24.9 Å². The molecule has 1 heterocycles. The van der Waals surface area contributed by atoms with Gasteiger partial charge >= 0.3 is 0 Å². The van der Waals surface area contributed by atoms with Crippen LogP contribution in [0.2, 0.25) is 0 Å². The number of hydrogen-bond donors (Lipinski definition) is 0. The maximum atomic E-state index is 6.25. The fourth-order valence-corrected chi connectivity index (χ4v) is 2.76. The zero-order valence-corrected chi connectivity index (χ0v) is 13.8. The Kier molecular flexibility index (Phi) is 6.22. The molecule has 1 aromatic carbocycles. The molecule has 1 saturated heterocycles. The smallest absolute Gasteiger partial charge is 0.0939 e. The third-order valence-electron chi connectivity index (χ3n) is 3.91. The van der Waals surface area contributed by atoms with Crippen molar-refractivity contribution < 1.29 is 9.47 Å². The molecule has 21 heavy (non-hydrogen) atoms. The summed E-state index contributed by atoms with van der Waals surface area (Å²) in [5, 5.41) is 0. The highest BCUT2D eigenvalue weighted by molar-refractivity contribution is 5.15. The van der Waals surface area contributed by atoms with E-state index in [0.29, 0.717) is 12.6 Å². The van der Waals surface area contributed by atoms with E-state index in [1.807, 2.05) is 0 Å². The molecule has 1 fully saturated rings. The van der Waals surface area contributed by atoms with Crippen LogP contribution in [0, 0.1) is 0 Å². The molecule has 2 atom stereocenters. The molecule has 118 valence electrons. The van der Waals surface area contributed by atoms with Crippen molar-refractivity contribution in [1.82, 2.24) is 4.90 Å². The standard InChI is InChI=1S/C18H29NO2/c1-14(2)19-11-17(10-16-8-6-5-7-9-16)21-18(12-19)13-20-15(3)4/h5-9,14-15,17-18H,10-13H2,1-4H3. The molecule has 3 heteroatoms. The van der Waals surface area contributed by atoms with Gasteiger partial charge in [0.15, 0.2) is 0 Å². The van der Waals surface area contributed by atoms with Gasteiger partial charge in [-0.3, -0.25) is 4.90 Å². The monoisotopic (exact) mass is 291 g/mol. The number of benzene rings is 1. The second-order valence-electron chi connectivity index (χ2n) is 6.50. The van der Waals surface area contributed by atoms with Crippen LogP contribution in [-0.2, 0) is 15.9 Å². The van der Waals surface area contributed by atoms with E-state index in [2.05, 4.69) is 62.9 Å². The van der Waals surface area contributed by atoms with Crippen LogP contribution < -0.4 is 0 Å². The lowest BCUT2D eigenvalue weighted by Gasteiger charge is -2.40. The first-order chi connectivity index (χ1) is 10.0. The molecule has 0 saturated carbocycles. The summed E-state index contributed by atoms with van der Waals surface area (Å²) in [5.74, 6) is 0. The quantitative estimate of drug-likeness (QED) is 0.804. The van der Waals surface area contributed by atoms with Gasteiger partial charge in [-0.25, -0.2) is 0 Å². The predicted octanol–water partition coefficient (Wildman–Crippen LogP) is 3.13. The average Bonchev–Trinajstić information content (AvgIpc) is 2.46. The largest absolute Gasteiger partial charge is 0.376 e. The second-order valence-corrected chi connectivity index (χ2v) is 6.50. The minimum Gasteiger partial charge on any atom is -0.376 e. The predicted molar refractivity (Wildman–Crippen MR) is 86.6 cm³/mol. The minimum absolute atomic E-state index is 0.178. The summed E-state index contributed by atoms with van der Waals surface area (Å²) in [6.07, 6.45) is 1.67. The lowest BCUT2D eigenvalue weighted by Crippen LogP contribution is -2.52. The summed E-state index contributed by atoms with van der Waals surface area (Å²) < 4.78 is 12.0. The summed E-state index contributed by atoms with van der Waals surface area (Å²) in [4.78, 5) is 2.51. The minimum atomic E-state index is 0.178. The first kappa shape index (κ1) is 16.5. The van der Waals surface area contributed by atoms with Crippen LogP contribution >= 0.6 is 0 Å². The lowest BCUT2D eigenvalue weighted by molar-refractivity contribution is -0.125. The molecular formula is C18H29NO2. The van der Waals surface area contributed by atoms with Crippen molar-refractivity contribution in [2.45, 2.75) is 58.5 Å². The topological polar surface area (TPSA) is 21.7 Å². The van der Waals surface area contributed by atoms with Crippen molar-refractivity contribution in [2.24, 2.45) is 0 Å². The Hall–Kier alpha value is -0.900. The van der Waals surface area contributed by atoms with E-state index in [-0.39, 0.29) is 18.3 Å². The fourth-order valence-electron chi connectivity index (χ4n) is 2.76. The fraction of sp³-hybridized carbons (Fsp3) is 0.667. The summed E-state index contributed by atoms with van der Waals surface area (Å²) in [7, 11) is 0. The number of ether oxygens (including phenoxy) is 2. The third-order valence-corrected chi connectivity index (χ3v) is 3.91. The third kappa shape index (κ3) is 5.42. The molecule has 1 aliphatic rings. The molecule has 0 aromatic heterocycles. The van der Waals surface area contributed by atoms with Gasteiger partial charge in [-0.15, -0.1) is 0 Å². The number of morpholine rings is 1. The van der Waals surface area contributed by atoms with Gasteiger partial charge in [-0.2, -0.15) is 0 Å². The van der Waals surface area contributed by atoms with Gasteiger partial charge in [0.25, 0.3) is 0 Å². The van der Waals surface area contributed by atoms with Crippen molar-refractivity contribution in [1.29, 1.82) is 0 Å². The van der Waals surface area contributed by atoms with E-state index in [1.54, 1.807) is 0 Å². The van der Waals surface area contributed by atoms with Crippen molar-refractivity contribution in [2.75, 3.05) is 19.7 Å². The van der Waals surface area contributed by atoms with E-state index in [4.69, 9.17) is 9.47 Å². The zero-order chi connectivity index (χ0) is 15.2. The molecular weight excluding hydrogens is 262 g/mol. The molecule has 0 radical (unpaired) electrons. The first-order valence-electron chi connectivity index (χ1n) is 8.09. The lowest BCUT2D eigenvalue weighted by atomic mass is 10.0. The van der Waals surface area contributed by atoms with Gasteiger partial charge in [-0.05, 0) is 39.7 Å². The molecule has 2 rings (SSSR count). The van der Waals surface area contributed by atoms with Crippen molar-refractivity contribution in [3.63, 3.8) is 0 Å². The van der Waals surface area contributed by atoms with Crippen molar-refractivity contribution >= 4 is 0 Å². The van der Waals surface area contributed by atoms with E-state index in [1.165, 1.54) is 5.56 Å².